The molecule has 2 N–H and O–H groups in total. The minimum absolute atomic E-state index is 0.303. The zero-order valence-electron chi connectivity index (χ0n) is 12.8. The molecule has 0 aliphatic carbocycles. The summed E-state index contributed by atoms with van der Waals surface area (Å²) in [6, 6.07) is 12.8. The number of methoxy groups -OCH3 is 1. The maximum Gasteiger partial charge on any atom is 0.319 e. The molecular formula is C17H19FN2O2. The lowest BCUT2D eigenvalue weighted by molar-refractivity contribution is 0.242. The Labute approximate surface area is 129 Å². The predicted molar refractivity (Wildman–Crippen MR) is 84.6 cm³/mol. The summed E-state index contributed by atoms with van der Waals surface area (Å²) in [4.78, 5) is 12.1. The number of anilines is 1. The standard InChI is InChI=1S/C17H19FN2O2/c1-17(2,12-4-6-13(18)7-5-12)20-16(21)19-14-8-10-15(22-3)11-9-14/h4-11H,1-3H3,(H2,19,20,21). The van der Waals surface area contributed by atoms with Crippen LogP contribution in [0.1, 0.15) is 19.4 Å². The second-order valence-corrected chi connectivity index (χ2v) is 5.44. The Hall–Kier alpha value is -2.56. The molecule has 2 amide bonds. The van der Waals surface area contributed by atoms with Crippen molar-refractivity contribution in [2.75, 3.05) is 12.4 Å². The first-order valence-corrected chi connectivity index (χ1v) is 6.90. The average Bonchev–Trinajstić information content (AvgIpc) is 2.48. The van der Waals surface area contributed by atoms with Gasteiger partial charge < -0.3 is 15.4 Å². The predicted octanol–water partition coefficient (Wildman–Crippen LogP) is 3.89. The van der Waals surface area contributed by atoms with Crippen LogP contribution in [-0.4, -0.2) is 13.1 Å². The summed E-state index contributed by atoms with van der Waals surface area (Å²) >= 11 is 0. The SMILES string of the molecule is COc1ccc(NC(=O)NC(C)(C)c2ccc(F)cc2)cc1. The molecule has 22 heavy (non-hydrogen) atoms. The highest BCUT2D eigenvalue weighted by atomic mass is 19.1. The molecule has 0 saturated carbocycles. The molecule has 2 aromatic carbocycles. The number of ether oxygens (including phenoxy) is 1. The number of carbonyl (C=O) groups is 1. The van der Waals surface area contributed by atoms with E-state index < -0.39 is 5.54 Å². The van der Waals surface area contributed by atoms with Gasteiger partial charge in [-0.2, -0.15) is 0 Å². The number of benzene rings is 2. The van der Waals surface area contributed by atoms with E-state index in [4.69, 9.17) is 4.74 Å². The molecule has 0 bridgehead atoms. The van der Waals surface area contributed by atoms with E-state index in [1.165, 1.54) is 12.1 Å². The Morgan fingerprint density at radius 1 is 1.05 bits per heavy atom. The van der Waals surface area contributed by atoms with Crippen molar-refractivity contribution in [2.24, 2.45) is 0 Å². The second-order valence-electron chi connectivity index (χ2n) is 5.44. The van der Waals surface area contributed by atoms with Gasteiger partial charge >= 0.3 is 6.03 Å². The number of nitrogens with one attached hydrogen (secondary N) is 2. The first-order chi connectivity index (χ1) is 10.4. The van der Waals surface area contributed by atoms with Crippen molar-refractivity contribution in [1.29, 1.82) is 0 Å². The number of halogens is 1. The van der Waals surface area contributed by atoms with Crippen molar-refractivity contribution in [3.8, 4) is 5.75 Å². The van der Waals surface area contributed by atoms with Crippen molar-refractivity contribution in [2.45, 2.75) is 19.4 Å². The fourth-order valence-corrected chi connectivity index (χ4v) is 2.06. The molecule has 0 atom stereocenters. The topological polar surface area (TPSA) is 50.4 Å². The van der Waals surface area contributed by atoms with Gasteiger partial charge in [0.25, 0.3) is 0 Å². The third-order valence-corrected chi connectivity index (χ3v) is 3.34. The number of hydrogen-bond donors (Lipinski definition) is 2. The van der Waals surface area contributed by atoms with Crippen LogP contribution < -0.4 is 15.4 Å². The van der Waals surface area contributed by atoms with Gasteiger partial charge in [-0.1, -0.05) is 12.1 Å². The Kier molecular flexibility index (Phi) is 4.65. The van der Waals surface area contributed by atoms with Crippen molar-refractivity contribution in [3.05, 3.63) is 59.9 Å². The molecule has 0 aliphatic rings. The van der Waals surface area contributed by atoms with Crippen LogP contribution >= 0.6 is 0 Å². The zero-order chi connectivity index (χ0) is 16.2. The highest BCUT2D eigenvalue weighted by Gasteiger charge is 2.22. The summed E-state index contributed by atoms with van der Waals surface area (Å²) in [5.41, 5.74) is 0.858. The molecule has 2 rings (SSSR count). The fourth-order valence-electron chi connectivity index (χ4n) is 2.06. The van der Waals surface area contributed by atoms with Gasteiger partial charge in [0.15, 0.2) is 0 Å². The number of amides is 2. The number of rotatable bonds is 4. The van der Waals surface area contributed by atoms with Gasteiger partial charge in [-0.05, 0) is 55.8 Å². The summed E-state index contributed by atoms with van der Waals surface area (Å²) in [6.07, 6.45) is 0. The molecule has 2 aromatic rings. The third-order valence-electron chi connectivity index (χ3n) is 3.34. The molecule has 0 fully saturated rings. The van der Waals surface area contributed by atoms with Crippen molar-refractivity contribution < 1.29 is 13.9 Å². The van der Waals surface area contributed by atoms with E-state index in [0.29, 0.717) is 5.69 Å². The molecule has 0 spiro atoms. The highest BCUT2D eigenvalue weighted by Crippen LogP contribution is 2.21. The van der Waals surface area contributed by atoms with Crippen LogP contribution in [0.4, 0.5) is 14.9 Å². The number of hydrogen-bond acceptors (Lipinski definition) is 2. The third kappa shape index (κ3) is 3.97. The first-order valence-electron chi connectivity index (χ1n) is 6.90. The quantitative estimate of drug-likeness (QED) is 0.900. The van der Waals surface area contributed by atoms with E-state index in [1.807, 2.05) is 13.8 Å². The van der Waals surface area contributed by atoms with E-state index in [9.17, 15) is 9.18 Å². The molecule has 0 unspecified atom stereocenters. The molecule has 0 saturated heterocycles. The van der Waals surface area contributed by atoms with E-state index in [0.717, 1.165) is 11.3 Å². The van der Waals surface area contributed by atoms with Crippen LogP contribution in [0.3, 0.4) is 0 Å². The van der Waals surface area contributed by atoms with Gasteiger partial charge in [0, 0.05) is 5.69 Å². The van der Waals surface area contributed by atoms with Gasteiger partial charge in [-0.15, -0.1) is 0 Å². The molecular weight excluding hydrogens is 283 g/mol. The van der Waals surface area contributed by atoms with Crippen LogP contribution in [0.2, 0.25) is 0 Å². The lowest BCUT2D eigenvalue weighted by Gasteiger charge is -2.27. The van der Waals surface area contributed by atoms with Crippen molar-refractivity contribution in [1.82, 2.24) is 5.32 Å². The van der Waals surface area contributed by atoms with Crippen LogP contribution in [-0.2, 0) is 5.54 Å². The smallest absolute Gasteiger partial charge is 0.319 e. The van der Waals surface area contributed by atoms with Crippen LogP contribution in [0.25, 0.3) is 0 Å². The Morgan fingerprint density at radius 2 is 1.64 bits per heavy atom. The summed E-state index contributed by atoms with van der Waals surface area (Å²) in [7, 11) is 1.58. The largest absolute Gasteiger partial charge is 0.497 e. The molecule has 0 aliphatic heterocycles. The maximum atomic E-state index is 13.0. The van der Waals surface area contributed by atoms with E-state index in [2.05, 4.69) is 10.6 Å². The zero-order valence-corrected chi connectivity index (χ0v) is 12.8. The summed E-state index contributed by atoms with van der Waals surface area (Å²) < 4.78 is 18.0. The van der Waals surface area contributed by atoms with E-state index in [-0.39, 0.29) is 11.8 Å². The molecule has 0 radical (unpaired) electrons. The van der Waals surface area contributed by atoms with Crippen molar-refractivity contribution in [3.63, 3.8) is 0 Å². The van der Waals surface area contributed by atoms with Gasteiger partial charge in [0.05, 0.1) is 12.6 Å². The van der Waals surface area contributed by atoms with E-state index >= 15 is 0 Å². The average molecular weight is 302 g/mol. The summed E-state index contributed by atoms with van der Waals surface area (Å²) in [5, 5.41) is 5.62. The first kappa shape index (κ1) is 15.8. The normalized spacial score (nSPS) is 10.9. The van der Waals surface area contributed by atoms with Gasteiger partial charge in [0.2, 0.25) is 0 Å². The molecule has 0 heterocycles. The molecule has 5 heteroatoms. The number of urea groups is 1. The maximum absolute atomic E-state index is 13.0. The fraction of sp³-hybridized carbons (Fsp3) is 0.235. The Bertz CT molecular complexity index is 637. The number of carbonyl (C=O) groups excluding carboxylic acids is 1. The van der Waals surface area contributed by atoms with Gasteiger partial charge in [0.1, 0.15) is 11.6 Å². The Morgan fingerprint density at radius 3 is 2.18 bits per heavy atom. The summed E-state index contributed by atoms with van der Waals surface area (Å²) in [5.74, 6) is 0.417. The molecule has 0 aromatic heterocycles. The second kappa shape index (κ2) is 6.47. The van der Waals surface area contributed by atoms with Crippen LogP contribution in [0, 0.1) is 5.82 Å². The Balaban J connectivity index is 2.02. The van der Waals surface area contributed by atoms with Gasteiger partial charge in [-0.3, -0.25) is 0 Å². The lowest BCUT2D eigenvalue weighted by Crippen LogP contribution is -2.43. The lowest BCUT2D eigenvalue weighted by atomic mass is 9.94. The highest BCUT2D eigenvalue weighted by molar-refractivity contribution is 5.89. The molecule has 116 valence electrons. The monoisotopic (exact) mass is 302 g/mol. The van der Waals surface area contributed by atoms with E-state index in [1.54, 1.807) is 43.5 Å². The van der Waals surface area contributed by atoms with Crippen molar-refractivity contribution >= 4 is 11.7 Å². The molecule has 4 nitrogen and oxygen atoms in total. The van der Waals surface area contributed by atoms with Crippen LogP contribution in [0.15, 0.2) is 48.5 Å². The van der Waals surface area contributed by atoms with Gasteiger partial charge in [-0.25, -0.2) is 9.18 Å². The minimum Gasteiger partial charge on any atom is -0.497 e. The summed E-state index contributed by atoms with van der Waals surface area (Å²) in [6.45, 7) is 3.71. The van der Waals surface area contributed by atoms with Crippen LogP contribution in [0.5, 0.6) is 5.75 Å². The minimum atomic E-state index is -0.621.